The van der Waals surface area contributed by atoms with E-state index < -0.39 is 10.1 Å². The molecule has 47 heavy (non-hydrogen) atoms. The Morgan fingerprint density at radius 3 is 1.53 bits per heavy atom. The lowest BCUT2D eigenvalue weighted by Crippen LogP contribution is -2.13. The first-order valence-electron chi connectivity index (χ1n) is 16.0. The van der Waals surface area contributed by atoms with Gasteiger partial charge < -0.3 is 11.5 Å². The highest BCUT2D eigenvalue weighted by molar-refractivity contribution is 7.86. The quantitative estimate of drug-likeness (QED) is 0.0887. The minimum atomic E-state index is -4.36. The van der Waals surface area contributed by atoms with Crippen LogP contribution in [0.25, 0.3) is 0 Å². The Balaban J connectivity index is 1.58. The molecule has 0 saturated carbocycles. The summed E-state index contributed by atoms with van der Waals surface area (Å²) in [6.45, 7) is 16.2. The van der Waals surface area contributed by atoms with Gasteiger partial charge in [0.1, 0.15) is 0 Å². The van der Waals surface area contributed by atoms with Gasteiger partial charge in [-0.15, -0.1) is 0 Å². The molecule has 5 N–H and O–H groups in total. The van der Waals surface area contributed by atoms with Crippen molar-refractivity contribution in [3.63, 3.8) is 0 Å². The molecule has 5 rings (SSSR count). The van der Waals surface area contributed by atoms with Crippen LogP contribution in [0.1, 0.15) is 89.4 Å². The maximum absolute atomic E-state index is 12.2. The summed E-state index contributed by atoms with van der Waals surface area (Å²) in [5, 5.41) is 0. The van der Waals surface area contributed by atoms with Crippen molar-refractivity contribution in [3.8, 4) is 0 Å². The highest BCUT2D eigenvalue weighted by Crippen LogP contribution is 2.42. The molecule has 0 bridgehead atoms. The highest BCUT2D eigenvalue weighted by Gasteiger charge is 2.26. The number of nitrogens with two attached hydrogens (primary N) is 2. The summed E-state index contributed by atoms with van der Waals surface area (Å²) < 4.78 is 34.3. The predicted molar refractivity (Wildman–Crippen MR) is 195 cm³/mol. The Morgan fingerprint density at radius 1 is 0.596 bits per heavy atom. The lowest BCUT2D eigenvalue weighted by Gasteiger charge is -2.26. The molecule has 244 valence electrons. The van der Waals surface area contributed by atoms with Crippen molar-refractivity contribution in [2.24, 2.45) is 0 Å². The second-order valence-corrected chi connectivity index (χ2v) is 14.7. The van der Waals surface area contributed by atoms with E-state index in [1.807, 2.05) is 19.1 Å². The fraction of sp³-hybridized carbons (Fsp3) is 0.268. The topological polar surface area (TPSA) is 106 Å². The third-order valence-electron chi connectivity index (χ3n) is 9.68. The van der Waals surface area contributed by atoms with Crippen molar-refractivity contribution < 1.29 is 13.0 Å². The Kier molecular flexibility index (Phi) is 9.40. The molecule has 0 spiro atoms. The van der Waals surface area contributed by atoms with E-state index in [0.717, 1.165) is 56.6 Å². The molecular formula is C41H46N2O3S. The van der Waals surface area contributed by atoms with Crippen LogP contribution in [0.3, 0.4) is 0 Å². The molecule has 1 unspecified atom stereocenters. The fourth-order valence-corrected chi connectivity index (χ4v) is 8.50. The molecule has 5 aromatic rings. The number of benzene rings is 5. The maximum Gasteiger partial charge on any atom is 0.295 e. The third kappa shape index (κ3) is 6.85. The van der Waals surface area contributed by atoms with Gasteiger partial charge in [-0.1, -0.05) is 66.2 Å². The lowest BCUT2D eigenvalue weighted by molar-refractivity contribution is 0.481. The van der Waals surface area contributed by atoms with Crippen LogP contribution in [0.2, 0.25) is 0 Å². The molecule has 0 aliphatic carbocycles. The maximum atomic E-state index is 12.2. The smallest absolute Gasteiger partial charge is 0.295 e. The molecule has 5 aromatic carbocycles. The van der Waals surface area contributed by atoms with Gasteiger partial charge in [-0.25, -0.2) is 0 Å². The van der Waals surface area contributed by atoms with Crippen LogP contribution < -0.4 is 11.5 Å². The summed E-state index contributed by atoms with van der Waals surface area (Å²) in [5.41, 5.74) is 30.9. The van der Waals surface area contributed by atoms with Gasteiger partial charge in [-0.3, -0.25) is 4.55 Å². The Morgan fingerprint density at radius 2 is 1.06 bits per heavy atom. The first kappa shape index (κ1) is 34.0. The molecule has 0 saturated heterocycles. The van der Waals surface area contributed by atoms with Crippen LogP contribution in [-0.2, 0) is 23.0 Å². The number of nitrogen functional groups attached to an aromatic ring is 2. The molecule has 0 amide bonds. The van der Waals surface area contributed by atoms with Crippen LogP contribution in [0.4, 0.5) is 11.4 Å². The molecule has 0 aliphatic heterocycles. The zero-order valence-electron chi connectivity index (χ0n) is 28.7. The first-order valence-corrected chi connectivity index (χ1v) is 17.5. The summed E-state index contributed by atoms with van der Waals surface area (Å²) in [6.07, 6.45) is 1.29. The second-order valence-electron chi connectivity index (χ2n) is 13.3. The van der Waals surface area contributed by atoms with Crippen molar-refractivity contribution in [1.29, 1.82) is 0 Å². The van der Waals surface area contributed by atoms with Crippen molar-refractivity contribution in [3.05, 3.63) is 156 Å². The van der Waals surface area contributed by atoms with E-state index >= 15 is 0 Å². The average molecular weight is 647 g/mol. The zero-order valence-corrected chi connectivity index (χ0v) is 29.6. The molecule has 0 radical (unpaired) electrons. The monoisotopic (exact) mass is 646 g/mol. The van der Waals surface area contributed by atoms with Gasteiger partial charge in [-0.05, 0) is 158 Å². The van der Waals surface area contributed by atoms with E-state index in [1.54, 1.807) is 13.8 Å². The Labute approximate surface area is 280 Å². The molecular weight excluding hydrogens is 601 g/mol. The molecule has 0 aliphatic rings. The van der Waals surface area contributed by atoms with Gasteiger partial charge in [0.25, 0.3) is 10.1 Å². The Bertz CT molecular complexity index is 2090. The predicted octanol–water partition coefficient (Wildman–Crippen LogP) is 8.93. The van der Waals surface area contributed by atoms with E-state index in [1.165, 1.54) is 27.8 Å². The molecule has 0 aromatic heterocycles. The van der Waals surface area contributed by atoms with Crippen LogP contribution in [-0.4, -0.2) is 13.0 Å². The van der Waals surface area contributed by atoms with Crippen LogP contribution in [0, 0.1) is 55.4 Å². The summed E-state index contributed by atoms with van der Waals surface area (Å²) in [6, 6.07) is 25.2. The SMILES string of the molecule is Cc1cc(C)c(Cc2ccc(C(c3ccc(Cc4c(C)cc(C)c(S(=O)(=O)O)c4C)cc3N)c3c(C)cccc3C)c(N)c2)c(C)c1. The van der Waals surface area contributed by atoms with Crippen LogP contribution in [0.15, 0.2) is 77.7 Å². The lowest BCUT2D eigenvalue weighted by atomic mass is 9.78. The largest absolute Gasteiger partial charge is 0.398 e. The summed E-state index contributed by atoms with van der Waals surface area (Å²) in [4.78, 5) is -0.0237. The number of anilines is 2. The second kappa shape index (κ2) is 13.0. The summed E-state index contributed by atoms with van der Waals surface area (Å²) in [5.74, 6) is -0.184. The van der Waals surface area contributed by atoms with Crippen molar-refractivity contribution in [2.45, 2.75) is 79.0 Å². The first-order chi connectivity index (χ1) is 22.1. The Hall–Kier alpha value is -4.39. The number of hydrogen-bond donors (Lipinski definition) is 3. The molecule has 5 nitrogen and oxygen atoms in total. The highest BCUT2D eigenvalue weighted by atomic mass is 32.2. The van der Waals surface area contributed by atoms with Crippen LogP contribution in [0.5, 0.6) is 0 Å². The zero-order chi connectivity index (χ0) is 34.4. The number of aryl methyl sites for hydroxylation is 7. The molecule has 6 heteroatoms. The van der Waals surface area contributed by atoms with Crippen molar-refractivity contribution in [1.82, 2.24) is 0 Å². The number of rotatable bonds is 8. The van der Waals surface area contributed by atoms with Gasteiger partial charge in [0.2, 0.25) is 0 Å². The number of hydrogen-bond acceptors (Lipinski definition) is 4. The van der Waals surface area contributed by atoms with Gasteiger partial charge in [0, 0.05) is 17.3 Å². The van der Waals surface area contributed by atoms with Gasteiger partial charge in [0.15, 0.2) is 0 Å². The van der Waals surface area contributed by atoms with Crippen molar-refractivity contribution in [2.75, 3.05) is 11.5 Å². The van der Waals surface area contributed by atoms with Gasteiger partial charge in [-0.2, -0.15) is 8.42 Å². The van der Waals surface area contributed by atoms with E-state index in [2.05, 4.69) is 95.3 Å². The summed E-state index contributed by atoms with van der Waals surface area (Å²) in [7, 11) is -4.36. The standard InChI is InChI=1S/C41H46N2O3S/c1-23-16-26(4)35(27(5)17-23)19-31-12-14-33(37(42)21-31)40(39-24(2)10-9-11-25(39)3)34-15-13-32(22-38(34)43)20-36-28(6)18-29(7)41(30(36)8)47(44,45)46/h9-18,21-22,40H,19-20,42-43H2,1-8H3,(H,44,45,46). The van der Waals surface area contributed by atoms with E-state index in [9.17, 15) is 13.0 Å². The minimum Gasteiger partial charge on any atom is -0.398 e. The molecule has 0 fully saturated rings. The van der Waals surface area contributed by atoms with E-state index in [-0.39, 0.29) is 10.8 Å². The van der Waals surface area contributed by atoms with E-state index in [4.69, 9.17) is 11.5 Å². The molecule has 0 heterocycles. The molecule has 1 atom stereocenters. The normalized spacial score (nSPS) is 12.4. The van der Waals surface area contributed by atoms with Crippen molar-refractivity contribution >= 4 is 21.5 Å². The minimum absolute atomic E-state index is 0.0237. The fourth-order valence-electron chi connectivity index (χ4n) is 7.53. The average Bonchev–Trinajstić information content (AvgIpc) is 2.95. The van der Waals surface area contributed by atoms with Gasteiger partial charge >= 0.3 is 0 Å². The van der Waals surface area contributed by atoms with Gasteiger partial charge in [0.05, 0.1) is 4.90 Å². The van der Waals surface area contributed by atoms with E-state index in [0.29, 0.717) is 23.2 Å². The summed E-state index contributed by atoms with van der Waals surface area (Å²) >= 11 is 0. The third-order valence-corrected chi connectivity index (χ3v) is 10.8. The van der Waals surface area contributed by atoms with Crippen LogP contribution >= 0.6 is 0 Å².